The van der Waals surface area contributed by atoms with E-state index in [1.165, 1.54) is 44.9 Å². The van der Waals surface area contributed by atoms with Crippen molar-refractivity contribution in [2.45, 2.75) is 96.3 Å². The standard InChI is InChI=1S/C22H38/c1-2-3-7-18-10-12-20(13-11-18)22-16-14-21(15-17-22)19-8-5-4-6-9-19/h2,18-22H,1,3-17H2. The third-order valence-corrected chi connectivity index (χ3v) is 7.47. The minimum atomic E-state index is 1.02. The van der Waals surface area contributed by atoms with Gasteiger partial charge in [-0.25, -0.2) is 0 Å². The lowest BCUT2D eigenvalue weighted by Gasteiger charge is -2.40. The van der Waals surface area contributed by atoms with E-state index in [1.54, 1.807) is 51.4 Å². The van der Waals surface area contributed by atoms with Crippen molar-refractivity contribution >= 4 is 0 Å². The normalized spacial score (nSPS) is 37.8. The Morgan fingerprint density at radius 3 is 1.55 bits per heavy atom. The van der Waals surface area contributed by atoms with E-state index in [-0.39, 0.29) is 0 Å². The van der Waals surface area contributed by atoms with Gasteiger partial charge in [0.2, 0.25) is 0 Å². The Kier molecular flexibility index (Phi) is 6.45. The van der Waals surface area contributed by atoms with Crippen LogP contribution in [0.1, 0.15) is 96.3 Å². The molecule has 0 aromatic rings. The maximum absolute atomic E-state index is 3.88. The highest BCUT2D eigenvalue weighted by atomic mass is 14.4. The summed E-state index contributed by atoms with van der Waals surface area (Å²) in [7, 11) is 0. The maximum Gasteiger partial charge on any atom is -0.0351 e. The van der Waals surface area contributed by atoms with E-state index in [2.05, 4.69) is 12.7 Å². The molecule has 0 unspecified atom stereocenters. The molecule has 0 heterocycles. The molecule has 3 aliphatic rings. The monoisotopic (exact) mass is 302 g/mol. The molecule has 0 heteroatoms. The molecule has 0 aromatic heterocycles. The van der Waals surface area contributed by atoms with Gasteiger partial charge >= 0.3 is 0 Å². The van der Waals surface area contributed by atoms with Crippen molar-refractivity contribution in [3.05, 3.63) is 12.7 Å². The van der Waals surface area contributed by atoms with Gasteiger partial charge in [0.05, 0.1) is 0 Å². The van der Waals surface area contributed by atoms with Gasteiger partial charge in [-0.2, -0.15) is 0 Å². The molecule has 0 saturated heterocycles. The largest absolute Gasteiger partial charge is 0.103 e. The highest BCUT2D eigenvalue weighted by Crippen LogP contribution is 2.45. The topological polar surface area (TPSA) is 0 Å². The van der Waals surface area contributed by atoms with Crippen LogP contribution in [-0.4, -0.2) is 0 Å². The van der Waals surface area contributed by atoms with Crippen molar-refractivity contribution in [3.63, 3.8) is 0 Å². The second-order valence-electron chi connectivity index (χ2n) is 8.72. The fraction of sp³-hybridized carbons (Fsp3) is 0.909. The Hall–Kier alpha value is -0.260. The number of rotatable bonds is 5. The Labute approximate surface area is 139 Å². The zero-order chi connectivity index (χ0) is 15.2. The number of allylic oxidation sites excluding steroid dienone is 1. The average molecular weight is 303 g/mol. The minimum Gasteiger partial charge on any atom is -0.103 e. The molecule has 0 bridgehead atoms. The first-order chi connectivity index (χ1) is 10.9. The lowest BCUT2D eigenvalue weighted by atomic mass is 9.65. The number of hydrogen-bond acceptors (Lipinski definition) is 0. The molecule has 3 saturated carbocycles. The molecule has 0 aliphatic heterocycles. The Balaban J connectivity index is 1.37. The molecular weight excluding hydrogens is 264 g/mol. The first kappa shape index (κ1) is 16.6. The average Bonchev–Trinajstić information content (AvgIpc) is 2.61. The molecule has 3 rings (SSSR count). The molecular formula is C22H38. The third-order valence-electron chi connectivity index (χ3n) is 7.47. The van der Waals surface area contributed by atoms with Gasteiger partial charge in [0.25, 0.3) is 0 Å². The van der Waals surface area contributed by atoms with Crippen LogP contribution in [0.4, 0.5) is 0 Å². The summed E-state index contributed by atoms with van der Waals surface area (Å²) in [6, 6.07) is 0. The molecule has 3 aliphatic carbocycles. The van der Waals surface area contributed by atoms with E-state index in [0.717, 1.165) is 29.6 Å². The van der Waals surface area contributed by atoms with Crippen molar-refractivity contribution in [2.75, 3.05) is 0 Å². The van der Waals surface area contributed by atoms with E-state index >= 15 is 0 Å². The summed E-state index contributed by atoms with van der Waals surface area (Å²) in [6.45, 7) is 3.88. The van der Waals surface area contributed by atoms with E-state index in [1.807, 2.05) is 0 Å². The second-order valence-corrected chi connectivity index (χ2v) is 8.72. The summed E-state index contributed by atoms with van der Waals surface area (Å²) in [5, 5.41) is 0. The van der Waals surface area contributed by atoms with Gasteiger partial charge in [0, 0.05) is 0 Å². The Morgan fingerprint density at radius 1 is 0.591 bits per heavy atom. The van der Waals surface area contributed by atoms with E-state index in [4.69, 9.17) is 0 Å². The summed E-state index contributed by atoms with van der Waals surface area (Å²) in [6.07, 6.45) is 24.9. The first-order valence-corrected chi connectivity index (χ1v) is 10.5. The van der Waals surface area contributed by atoms with E-state index in [0.29, 0.717) is 0 Å². The first-order valence-electron chi connectivity index (χ1n) is 10.5. The predicted molar refractivity (Wildman–Crippen MR) is 96.9 cm³/mol. The Bertz CT molecular complexity index is 309. The van der Waals surface area contributed by atoms with Gasteiger partial charge in [0.15, 0.2) is 0 Å². The molecule has 0 spiro atoms. The quantitative estimate of drug-likeness (QED) is 0.473. The molecule has 0 N–H and O–H groups in total. The summed E-state index contributed by atoms with van der Waals surface area (Å²) in [4.78, 5) is 0. The molecule has 22 heavy (non-hydrogen) atoms. The van der Waals surface area contributed by atoms with Crippen molar-refractivity contribution in [3.8, 4) is 0 Å². The van der Waals surface area contributed by atoms with Crippen molar-refractivity contribution in [2.24, 2.45) is 29.6 Å². The number of hydrogen-bond donors (Lipinski definition) is 0. The van der Waals surface area contributed by atoms with Gasteiger partial charge in [-0.15, -0.1) is 6.58 Å². The Morgan fingerprint density at radius 2 is 1.05 bits per heavy atom. The van der Waals surface area contributed by atoms with E-state index in [9.17, 15) is 0 Å². The zero-order valence-corrected chi connectivity index (χ0v) is 14.8. The SMILES string of the molecule is C=CCCC1CCC(C2CCC(C3CCCCC3)CC2)CC1. The van der Waals surface area contributed by atoms with Crippen LogP contribution in [0.3, 0.4) is 0 Å². The van der Waals surface area contributed by atoms with Crippen LogP contribution in [-0.2, 0) is 0 Å². The molecule has 0 amide bonds. The van der Waals surface area contributed by atoms with Crippen LogP contribution in [0.2, 0.25) is 0 Å². The van der Waals surface area contributed by atoms with Crippen molar-refractivity contribution < 1.29 is 0 Å². The third kappa shape index (κ3) is 4.39. The molecule has 0 radical (unpaired) electrons. The highest BCUT2D eigenvalue weighted by Gasteiger charge is 2.33. The van der Waals surface area contributed by atoms with Crippen molar-refractivity contribution in [1.29, 1.82) is 0 Å². The van der Waals surface area contributed by atoms with Crippen LogP contribution >= 0.6 is 0 Å². The van der Waals surface area contributed by atoms with E-state index < -0.39 is 0 Å². The zero-order valence-electron chi connectivity index (χ0n) is 14.8. The lowest BCUT2D eigenvalue weighted by molar-refractivity contribution is 0.111. The van der Waals surface area contributed by atoms with Crippen LogP contribution in [0.5, 0.6) is 0 Å². The van der Waals surface area contributed by atoms with Crippen LogP contribution in [0.15, 0.2) is 12.7 Å². The predicted octanol–water partition coefficient (Wildman–Crippen LogP) is 7.15. The van der Waals surface area contributed by atoms with Crippen molar-refractivity contribution in [1.82, 2.24) is 0 Å². The summed E-state index contributed by atoms with van der Waals surface area (Å²) >= 11 is 0. The summed E-state index contributed by atoms with van der Waals surface area (Å²) in [5.74, 6) is 5.44. The second kappa shape index (κ2) is 8.55. The summed E-state index contributed by atoms with van der Waals surface area (Å²) < 4.78 is 0. The summed E-state index contributed by atoms with van der Waals surface area (Å²) in [5.41, 5.74) is 0. The van der Waals surface area contributed by atoms with Gasteiger partial charge in [-0.05, 0) is 81.0 Å². The van der Waals surface area contributed by atoms with Crippen LogP contribution in [0, 0.1) is 29.6 Å². The molecule has 0 aromatic carbocycles. The molecule has 3 fully saturated rings. The minimum absolute atomic E-state index is 1.02. The van der Waals surface area contributed by atoms with Gasteiger partial charge in [0.1, 0.15) is 0 Å². The molecule has 0 nitrogen and oxygen atoms in total. The van der Waals surface area contributed by atoms with Gasteiger partial charge in [-0.3, -0.25) is 0 Å². The smallest absolute Gasteiger partial charge is 0.0351 e. The fourth-order valence-corrected chi connectivity index (χ4v) is 6.00. The fourth-order valence-electron chi connectivity index (χ4n) is 6.00. The van der Waals surface area contributed by atoms with Crippen LogP contribution < -0.4 is 0 Å². The van der Waals surface area contributed by atoms with Gasteiger partial charge < -0.3 is 0 Å². The highest BCUT2D eigenvalue weighted by molar-refractivity contribution is 4.85. The lowest BCUT2D eigenvalue weighted by Crippen LogP contribution is -2.28. The van der Waals surface area contributed by atoms with Gasteiger partial charge in [-0.1, -0.05) is 51.0 Å². The molecule has 126 valence electrons. The van der Waals surface area contributed by atoms with Crippen LogP contribution in [0.25, 0.3) is 0 Å². The molecule has 0 atom stereocenters. The maximum atomic E-state index is 3.88.